The molecule has 3 aromatic rings. The summed E-state index contributed by atoms with van der Waals surface area (Å²) in [6, 6.07) is 18.6. The second kappa shape index (κ2) is 8.72. The van der Waals surface area contributed by atoms with Crippen molar-refractivity contribution in [3.05, 3.63) is 99.1 Å². The van der Waals surface area contributed by atoms with Crippen LogP contribution in [0, 0.1) is 17.0 Å². The zero-order valence-corrected chi connectivity index (χ0v) is 18.6. The molecule has 0 aromatic heterocycles. The fourth-order valence-corrected chi connectivity index (χ4v) is 5.52. The average molecular weight is 453 g/mol. The summed E-state index contributed by atoms with van der Waals surface area (Å²) in [4.78, 5) is 10.4. The molecule has 0 spiro atoms. The molecular formula is C24H24N2O5S. The van der Waals surface area contributed by atoms with Gasteiger partial charge in [-0.25, -0.2) is 13.1 Å². The van der Waals surface area contributed by atoms with Crippen molar-refractivity contribution >= 4 is 15.7 Å². The van der Waals surface area contributed by atoms with Gasteiger partial charge in [0.15, 0.2) is 0 Å². The van der Waals surface area contributed by atoms with Crippen molar-refractivity contribution in [3.8, 4) is 5.75 Å². The lowest BCUT2D eigenvalue weighted by molar-refractivity contribution is -0.384. The van der Waals surface area contributed by atoms with Crippen LogP contribution >= 0.6 is 0 Å². The molecule has 0 amide bonds. The van der Waals surface area contributed by atoms with Crippen LogP contribution in [0.25, 0.3) is 0 Å². The molecule has 32 heavy (non-hydrogen) atoms. The third-order valence-electron chi connectivity index (χ3n) is 5.92. The highest BCUT2D eigenvalue weighted by Gasteiger charge is 2.34. The Labute approximate surface area is 187 Å². The highest BCUT2D eigenvalue weighted by molar-refractivity contribution is 7.89. The molecule has 1 N–H and O–H groups in total. The standard InChI is InChI=1S/C24H24N2O5S/c1-16-3-5-18(6-4-16)24-22-15-20(31-2)11-7-17(22)8-14-23(24)25-32(29,30)21-12-9-19(10-13-21)26(27)28/h3-7,9-13,15,23-25H,8,14H2,1-2H3/t23-,24-/m1/s1. The van der Waals surface area contributed by atoms with Crippen molar-refractivity contribution in [3.63, 3.8) is 0 Å². The van der Waals surface area contributed by atoms with Gasteiger partial charge in [-0.05, 0) is 60.7 Å². The van der Waals surface area contributed by atoms with E-state index in [0.717, 1.165) is 28.9 Å². The second-order valence-electron chi connectivity index (χ2n) is 7.97. The van der Waals surface area contributed by atoms with Crippen molar-refractivity contribution in [1.82, 2.24) is 4.72 Å². The number of nitrogens with one attached hydrogen (secondary N) is 1. The molecule has 1 aliphatic carbocycles. The molecule has 8 heteroatoms. The normalized spacial score (nSPS) is 18.1. The van der Waals surface area contributed by atoms with E-state index < -0.39 is 14.9 Å². The van der Waals surface area contributed by atoms with Gasteiger partial charge in [-0.15, -0.1) is 0 Å². The van der Waals surface area contributed by atoms with Crippen LogP contribution < -0.4 is 9.46 Å². The van der Waals surface area contributed by atoms with Crippen molar-refractivity contribution in [2.24, 2.45) is 0 Å². The van der Waals surface area contributed by atoms with Gasteiger partial charge >= 0.3 is 0 Å². The van der Waals surface area contributed by atoms with Crippen LogP contribution in [0.3, 0.4) is 0 Å². The highest BCUT2D eigenvalue weighted by atomic mass is 32.2. The number of nitro groups is 1. The smallest absolute Gasteiger partial charge is 0.269 e. The third kappa shape index (κ3) is 4.37. The van der Waals surface area contributed by atoms with Crippen molar-refractivity contribution < 1.29 is 18.1 Å². The van der Waals surface area contributed by atoms with E-state index in [2.05, 4.69) is 4.72 Å². The number of rotatable bonds is 6. The zero-order chi connectivity index (χ0) is 22.9. The number of ether oxygens (including phenoxy) is 1. The third-order valence-corrected chi connectivity index (χ3v) is 7.42. The second-order valence-corrected chi connectivity index (χ2v) is 9.68. The summed E-state index contributed by atoms with van der Waals surface area (Å²) in [5.41, 5.74) is 4.19. The van der Waals surface area contributed by atoms with Gasteiger partial charge in [-0.2, -0.15) is 0 Å². The number of methoxy groups -OCH3 is 1. The Bertz CT molecular complexity index is 1240. The van der Waals surface area contributed by atoms with Crippen LogP contribution in [0.5, 0.6) is 5.75 Å². The Balaban J connectivity index is 1.72. The summed E-state index contributed by atoms with van der Waals surface area (Å²) in [6.45, 7) is 2.01. The monoisotopic (exact) mass is 452 g/mol. The summed E-state index contributed by atoms with van der Waals surface area (Å²) >= 11 is 0. The minimum Gasteiger partial charge on any atom is -0.497 e. The fraction of sp³-hybridized carbons (Fsp3) is 0.250. The Morgan fingerprint density at radius 1 is 1.03 bits per heavy atom. The maximum absolute atomic E-state index is 13.1. The molecule has 0 saturated carbocycles. The average Bonchev–Trinajstić information content (AvgIpc) is 2.79. The van der Waals surface area contributed by atoms with Gasteiger partial charge < -0.3 is 4.74 Å². The van der Waals surface area contributed by atoms with Crippen molar-refractivity contribution in [1.29, 1.82) is 0 Å². The lowest BCUT2D eigenvalue weighted by Gasteiger charge is -2.34. The van der Waals surface area contributed by atoms with Gasteiger partial charge in [-0.1, -0.05) is 35.9 Å². The molecular weight excluding hydrogens is 428 g/mol. The van der Waals surface area contributed by atoms with Crippen molar-refractivity contribution in [2.45, 2.75) is 36.6 Å². The first-order chi connectivity index (χ1) is 15.3. The first kappa shape index (κ1) is 22.0. The minimum atomic E-state index is -3.87. The highest BCUT2D eigenvalue weighted by Crippen LogP contribution is 2.39. The lowest BCUT2D eigenvalue weighted by Crippen LogP contribution is -2.42. The first-order valence-corrected chi connectivity index (χ1v) is 11.8. The molecule has 0 radical (unpaired) electrons. The van der Waals surface area contributed by atoms with Crippen LogP contribution in [-0.2, 0) is 16.4 Å². The largest absolute Gasteiger partial charge is 0.497 e. The van der Waals surface area contributed by atoms with Gasteiger partial charge in [0.25, 0.3) is 5.69 Å². The van der Waals surface area contributed by atoms with Crippen molar-refractivity contribution in [2.75, 3.05) is 7.11 Å². The van der Waals surface area contributed by atoms with E-state index in [1.165, 1.54) is 29.8 Å². The van der Waals surface area contributed by atoms with E-state index in [9.17, 15) is 18.5 Å². The zero-order valence-electron chi connectivity index (χ0n) is 17.8. The molecule has 7 nitrogen and oxygen atoms in total. The van der Waals surface area contributed by atoms with Gasteiger partial charge in [0.05, 0.1) is 16.9 Å². The molecule has 1 aliphatic rings. The summed E-state index contributed by atoms with van der Waals surface area (Å²) in [5.74, 6) is 0.530. The summed E-state index contributed by atoms with van der Waals surface area (Å²) in [5, 5.41) is 10.9. The predicted molar refractivity (Wildman–Crippen MR) is 122 cm³/mol. The Hall–Kier alpha value is -3.23. The van der Waals surface area contributed by atoms with Gasteiger partial charge in [-0.3, -0.25) is 10.1 Å². The Kier molecular flexibility index (Phi) is 5.99. The summed E-state index contributed by atoms with van der Waals surface area (Å²) < 4.78 is 34.6. The number of non-ortho nitro benzene ring substituents is 1. The number of hydrogen-bond donors (Lipinski definition) is 1. The predicted octanol–water partition coefficient (Wildman–Crippen LogP) is 4.34. The van der Waals surface area contributed by atoms with Gasteiger partial charge in [0.2, 0.25) is 10.0 Å². The quantitative estimate of drug-likeness (QED) is 0.443. The molecule has 0 heterocycles. The summed E-state index contributed by atoms with van der Waals surface area (Å²) in [7, 11) is -2.26. The van der Waals surface area contributed by atoms with E-state index in [1.54, 1.807) is 7.11 Å². The van der Waals surface area contributed by atoms with Crippen LogP contribution in [0.15, 0.2) is 71.6 Å². The first-order valence-electron chi connectivity index (χ1n) is 10.3. The number of nitro benzene ring substituents is 1. The number of hydrogen-bond acceptors (Lipinski definition) is 5. The molecule has 4 rings (SSSR count). The Morgan fingerprint density at radius 2 is 1.72 bits per heavy atom. The topological polar surface area (TPSA) is 98.5 Å². The van der Waals surface area contributed by atoms with Gasteiger partial charge in [0, 0.05) is 24.1 Å². The molecule has 166 valence electrons. The fourth-order valence-electron chi connectivity index (χ4n) is 4.24. The molecule has 0 bridgehead atoms. The molecule has 0 saturated heterocycles. The van der Waals surface area contributed by atoms with Crippen LogP contribution in [0.1, 0.15) is 34.6 Å². The molecule has 0 aliphatic heterocycles. The number of fused-ring (bicyclic) bond motifs is 1. The van der Waals surface area contributed by atoms with Crippen LogP contribution in [-0.4, -0.2) is 26.5 Å². The number of aryl methyl sites for hydroxylation is 2. The maximum atomic E-state index is 13.1. The van der Waals surface area contributed by atoms with E-state index in [0.29, 0.717) is 6.42 Å². The molecule has 0 fully saturated rings. The lowest BCUT2D eigenvalue weighted by atomic mass is 9.76. The number of benzene rings is 3. The molecule has 2 atom stereocenters. The number of nitrogens with zero attached hydrogens (tertiary/aromatic N) is 1. The van der Waals surface area contributed by atoms with Crippen LogP contribution in [0.4, 0.5) is 5.69 Å². The SMILES string of the molecule is COc1ccc2c(c1)[C@@H](c1ccc(C)cc1)[C@H](NS(=O)(=O)c1ccc([N+](=O)[O-])cc1)CC2. The molecule has 0 unspecified atom stereocenters. The van der Waals surface area contributed by atoms with E-state index in [-0.39, 0.29) is 22.5 Å². The maximum Gasteiger partial charge on any atom is 0.269 e. The molecule has 3 aromatic carbocycles. The van der Waals surface area contributed by atoms with E-state index in [4.69, 9.17) is 4.74 Å². The minimum absolute atomic E-state index is 0.00203. The van der Waals surface area contributed by atoms with Gasteiger partial charge in [0.1, 0.15) is 5.75 Å². The van der Waals surface area contributed by atoms with E-state index in [1.807, 2.05) is 49.4 Å². The van der Waals surface area contributed by atoms with Crippen LogP contribution in [0.2, 0.25) is 0 Å². The number of sulfonamides is 1. The Morgan fingerprint density at radius 3 is 2.34 bits per heavy atom. The van der Waals surface area contributed by atoms with E-state index >= 15 is 0 Å². The summed E-state index contributed by atoms with van der Waals surface area (Å²) in [6.07, 6.45) is 1.36.